The van der Waals surface area contributed by atoms with Gasteiger partial charge in [-0.05, 0) is 0 Å². The van der Waals surface area contributed by atoms with Gasteiger partial charge in [-0.2, -0.15) is 0 Å². The zero-order valence-electron chi connectivity index (χ0n) is 3.89. The molecule has 0 N–H and O–H groups in total. The highest BCUT2D eigenvalue weighted by Crippen LogP contribution is 1.48. The molecule has 0 heterocycles. The van der Waals surface area contributed by atoms with E-state index in [9.17, 15) is 0 Å². The normalized spacial score (nSPS) is 6.17. The van der Waals surface area contributed by atoms with E-state index < -0.39 is 0 Å². The minimum absolute atomic E-state index is 1.50. The highest BCUT2D eigenvalue weighted by molar-refractivity contribution is 7.51. The van der Waals surface area contributed by atoms with Gasteiger partial charge in [0.1, 0.15) is 0 Å². The Morgan fingerprint density at radius 3 is 2.17 bits per heavy atom. The lowest BCUT2D eigenvalue weighted by Crippen LogP contribution is -2.16. The Bertz CT molecular complexity index is 15.9. The first-order chi connectivity index (χ1) is 2.91. The molecule has 0 bridgehead atoms. The molecule has 6 radical (unpaired) electrons. The fourth-order valence-electron chi connectivity index (χ4n) is 0.175. The van der Waals surface area contributed by atoms with E-state index in [1.807, 2.05) is 21.1 Å². The van der Waals surface area contributed by atoms with Crippen LogP contribution in [0, 0.1) is 0 Å². The first-order valence-electron chi connectivity index (χ1n) is 1.91. The molecule has 0 aliphatic carbocycles. The molecule has 0 saturated carbocycles. The Kier molecular flexibility index (Phi) is 5.61. The molecular weight excluding hydrogens is 66.1 g/mol. The molecule has 0 rings (SSSR count). The fraction of sp³-hybridized carbons (Fsp3) is 1.00. The van der Waals surface area contributed by atoms with Crippen LogP contribution in [0.1, 0.15) is 0 Å². The molecule has 0 aromatic heterocycles. The molecule has 0 amide bonds. The summed E-state index contributed by atoms with van der Waals surface area (Å²) in [4.78, 5) is 0. The van der Waals surface area contributed by atoms with Crippen molar-refractivity contribution in [2.75, 3.05) is 0 Å². The van der Waals surface area contributed by atoms with Crippen molar-refractivity contribution in [2.45, 2.75) is 6.82 Å². The van der Waals surface area contributed by atoms with E-state index in [1.54, 1.807) is 7.06 Å². The van der Waals surface area contributed by atoms with Crippen LogP contribution in [-0.4, -0.2) is 36.1 Å². The SMILES string of the molecule is [B][B][B][B][B]C. The summed E-state index contributed by atoms with van der Waals surface area (Å²) in [5.74, 6) is 0. The van der Waals surface area contributed by atoms with E-state index in [4.69, 9.17) is 7.74 Å². The maximum atomic E-state index is 4.98. The Labute approximate surface area is 43.8 Å². The van der Waals surface area contributed by atoms with E-state index >= 15 is 0 Å². The summed E-state index contributed by atoms with van der Waals surface area (Å²) in [7, 11) is 12.1. The maximum absolute atomic E-state index is 4.98. The highest BCUT2D eigenvalue weighted by atomic mass is 12.8. The van der Waals surface area contributed by atoms with Crippen molar-refractivity contribution in [2.24, 2.45) is 0 Å². The summed E-state index contributed by atoms with van der Waals surface area (Å²) < 4.78 is 0. The Morgan fingerprint density at radius 1 is 1.33 bits per heavy atom. The Morgan fingerprint density at radius 2 is 2.00 bits per heavy atom. The van der Waals surface area contributed by atoms with Gasteiger partial charge in [-0.15, -0.1) is 6.82 Å². The molecule has 0 aliphatic heterocycles. The van der Waals surface area contributed by atoms with Crippen molar-refractivity contribution in [1.29, 1.82) is 0 Å². The van der Waals surface area contributed by atoms with E-state index in [2.05, 4.69) is 0 Å². The lowest BCUT2D eigenvalue weighted by molar-refractivity contribution is 2.37. The first kappa shape index (κ1) is 6.32. The van der Waals surface area contributed by atoms with Crippen LogP contribution in [0.5, 0.6) is 0 Å². The first-order valence-corrected chi connectivity index (χ1v) is 1.91. The van der Waals surface area contributed by atoms with Crippen LogP contribution in [0.3, 0.4) is 0 Å². The number of rotatable bonds is 3. The molecule has 0 saturated heterocycles. The second kappa shape index (κ2) is 5.32. The molecule has 0 aliphatic rings. The summed E-state index contributed by atoms with van der Waals surface area (Å²) in [5, 5.41) is 0. The van der Waals surface area contributed by atoms with E-state index in [0.29, 0.717) is 0 Å². The van der Waals surface area contributed by atoms with Crippen molar-refractivity contribution in [3.05, 3.63) is 0 Å². The Hall–Kier alpha value is 0.325. The van der Waals surface area contributed by atoms with Crippen LogP contribution < -0.4 is 0 Å². The van der Waals surface area contributed by atoms with Crippen molar-refractivity contribution in [3.63, 3.8) is 0 Å². The maximum Gasteiger partial charge on any atom is 0.0502 e. The van der Waals surface area contributed by atoms with Gasteiger partial charge in [0.2, 0.25) is 0 Å². The van der Waals surface area contributed by atoms with Gasteiger partial charge in [-0.3, -0.25) is 0 Å². The third kappa shape index (κ3) is 4.32. The molecule has 0 fully saturated rings. The van der Waals surface area contributed by atoms with Crippen LogP contribution in [0.25, 0.3) is 0 Å². The van der Waals surface area contributed by atoms with Gasteiger partial charge in [-0.1, -0.05) is 0 Å². The summed E-state index contributed by atoms with van der Waals surface area (Å²) in [6, 6.07) is 0. The zero-order chi connectivity index (χ0) is 4.83. The van der Waals surface area contributed by atoms with Crippen LogP contribution in [0.2, 0.25) is 6.82 Å². The lowest BCUT2D eigenvalue weighted by atomic mass is 9.05. The predicted octanol–water partition coefficient (Wildman–Crippen LogP) is -1.32. The Balaban J connectivity index is 2.34. The average Bonchev–Trinajstić information content (AvgIpc) is 1.61. The highest BCUT2D eigenvalue weighted by Gasteiger charge is 1.81. The molecule has 0 nitrogen and oxygen atoms in total. The minimum Gasteiger partial charge on any atom is -0.101 e. The molecule has 0 unspecified atom stereocenters. The summed E-state index contributed by atoms with van der Waals surface area (Å²) in [5.41, 5.74) is 0. The van der Waals surface area contributed by atoms with Gasteiger partial charge in [0.05, 0.1) is 7.17 Å². The predicted molar refractivity (Wildman–Crippen MR) is 34.6 cm³/mol. The van der Waals surface area contributed by atoms with Gasteiger partial charge in [0.25, 0.3) is 0 Å². The monoisotopic (exact) mass is 70.1 g/mol. The van der Waals surface area contributed by atoms with Crippen LogP contribution in [0.15, 0.2) is 0 Å². The lowest BCUT2D eigenvalue weighted by Gasteiger charge is -1.80. The van der Waals surface area contributed by atoms with E-state index in [1.165, 1.54) is 7.06 Å². The van der Waals surface area contributed by atoms with Crippen LogP contribution in [0.4, 0.5) is 0 Å². The fourth-order valence-corrected chi connectivity index (χ4v) is 0.175. The standard InChI is InChI=1S/CH3B5/c1-3-5-6-4-2/h1H3. The van der Waals surface area contributed by atoms with Crippen molar-refractivity contribution < 1.29 is 0 Å². The third-order valence-electron chi connectivity index (χ3n) is 0.415. The zero-order valence-corrected chi connectivity index (χ0v) is 3.89. The van der Waals surface area contributed by atoms with Gasteiger partial charge >= 0.3 is 0 Å². The molecule has 22 valence electrons. The van der Waals surface area contributed by atoms with E-state index in [-0.39, 0.29) is 0 Å². The molecule has 0 spiro atoms. The van der Waals surface area contributed by atoms with E-state index in [0.717, 1.165) is 0 Å². The topological polar surface area (TPSA) is 0 Å². The summed E-state index contributed by atoms with van der Waals surface area (Å²) >= 11 is 0. The molecular formula is CH3B5. The molecule has 6 heavy (non-hydrogen) atoms. The van der Waals surface area contributed by atoms with Crippen molar-refractivity contribution in [1.82, 2.24) is 0 Å². The number of hydrogen-bond donors (Lipinski definition) is 0. The van der Waals surface area contributed by atoms with Crippen molar-refractivity contribution in [3.8, 4) is 0 Å². The van der Waals surface area contributed by atoms with Crippen LogP contribution >= 0.6 is 0 Å². The smallest absolute Gasteiger partial charge is 0.0502 e. The number of hydrogen-bond acceptors (Lipinski definition) is 0. The second-order valence-electron chi connectivity index (χ2n) is 0.911. The molecule has 0 aromatic rings. The van der Waals surface area contributed by atoms with Gasteiger partial charge in [0, 0.05) is 28.9 Å². The quantitative estimate of drug-likeness (QED) is 0.285. The average molecular weight is 69.1 g/mol. The molecule has 0 atom stereocenters. The largest absolute Gasteiger partial charge is 0.101 e. The van der Waals surface area contributed by atoms with Crippen LogP contribution in [-0.2, 0) is 0 Å². The van der Waals surface area contributed by atoms with Gasteiger partial charge < -0.3 is 0 Å². The summed E-state index contributed by atoms with van der Waals surface area (Å²) in [6.07, 6.45) is 0. The molecule has 5 heteroatoms. The van der Waals surface area contributed by atoms with Gasteiger partial charge in [0.15, 0.2) is 0 Å². The second-order valence-corrected chi connectivity index (χ2v) is 0.911. The van der Waals surface area contributed by atoms with Gasteiger partial charge in [-0.25, -0.2) is 0 Å². The summed E-state index contributed by atoms with van der Waals surface area (Å²) in [6.45, 7) is 1.94. The minimum atomic E-state index is 1.50. The molecule has 0 aromatic carbocycles. The third-order valence-corrected chi connectivity index (χ3v) is 0.415. The van der Waals surface area contributed by atoms with Crippen molar-refractivity contribution >= 4 is 36.1 Å².